The first-order chi connectivity index (χ1) is 13.3. The standard InChI is InChI=1S/C17H12F6N2O4/c1-29-15(26)13-7-12(25(27)28)2-3-14(13)24-8-9-4-10(16(18,19)20)6-11(5-9)17(21,22)23/h2-7,24H,8H2,1H3. The molecule has 2 rings (SSSR count). The highest BCUT2D eigenvalue weighted by atomic mass is 19.4. The summed E-state index contributed by atoms with van der Waals surface area (Å²) in [6.07, 6.45) is -10.00. The Hall–Kier alpha value is -3.31. The average molecular weight is 422 g/mol. The average Bonchev–Trinajstić information content (AvgIpc) is 2.63. The summed E-state index contributed by atoms with van der Waals surface area (Å²) in [7, 11) is 1.01. The van der Waals surface area contributed by atoms with E-state index < -0.39 is 46.6 Å². The van der Waals surface area contributed by atoms with Crippen molar-refractivity contribution in [2.45, 2.75) is 18.9 Å². The zero-order chi connectivity index (χ0) is 22.0. The number of hydrogen-bond donors (Lipinski definition) is 1. The van der Waals surface area contributed by atoms with Crippen molar-refractivity contribution >= 4 is 17.3 Å². The van der Waals surface area contributed by atoms with E-state index in [1.54, 1.807) is 0 Å². The molecule has 0 unspecified atom stereocenters. The van der Waals surface area contributed by atoms with E-state index in [9.17, 15) is 41.3 Å². The quantitative estimate of drug-likeness (QED) is 0.316. The zero-order valence-corrected chi connectivity index (χ0v) is 14.5. The Balaban J connectivity index is 2.41. The lowest BCUT2D eigenvalue weighted by Crippen LogP contribution is -2.13. The van der Waals surface area contributed by atoms with Gasteiger partial charge in [-0.25, -0.2) is 4.79 Å². The number of halogens is 6. The Bertz CT molecular complexity index is 908. The molecule has 0 amide bonds. The number of nitro benzene ring substituents is 1. The predicted octanol–water partition coefficient (Wildman–Crippen LogP) is 5.03. The maximum atomic E-state index is 12.9. The molecule has 0 atom stereocenters. The molecular formula is C17H12F6N2O4. The largest absolute Gasteiger partial charge is 0.465 e. The number of alkyl halides is 6. The number of ether oxygens (including phenoxy) is 1. The van der Waals surface area contributed by atoms with E-state index in [-0.39, 0.29) is 22.9 Å². The smallest absolute Gasteiger partial charge is 0.416 e. The van der Waals surface area contributed by atoms with Crippen LogP contribution in [0.25, 0.3) is 0 Å². The summed E-state index contributed by atoms with van der Waals surface area (Å²) in [6, 6.07) is 4.05. The van der Waals surface area contributed by atoms with Gasteiger partial charge >= 0.3 is 18.3 Å². The van der Waals surface area contributed by atoms with E-state index in [1.165, 1.54) is 0 Å². The third kappa shape index (κ3) is 5.36. The molecule has 0 radical (unpaired) electrons. The monoisotopic (exact) mass is 422 g/mol. The van der Waals surface area contributed by atoms with Crippen molar-refractivity contribution in [1.29, 1.82) is 0 Å². The molecule has 0 aromatic heterocycles. The normalized spacial score (nSPS) is 11.8. The Morgan fingerprint density at radius 3 is 2.03 bits per heavy atom. The molecule has 0 aliphatic carbocycles. The number of carbonyl (C=O) groups is 1. The molecule has 0 heterocycles. The SMILES string of the molecule is COC(=O)c1cc([N+](=O)[O-])ccc1NCc1cc(C(F)(F)F)cc(C(F)(F)F)c1. The first-order valence-corrected chi connectivity index (χ1v) is 7.72. The third-order valence-electron chi connectivity index (χ3n) is 3.75. The number of rotatable bonds is 5. The van der Waals surface area contributed by atoms with Crippen LogP contribution in [0.4, 0.5) is 37.7 Å². The van der Waals surface area contributed by atoms with Crippen LogP contribution in [0.2, 0.25) is 0 Å². The van der Waals surface area contributed by atoms with Crippen molar-refractivity contribution in [2.75, 3.05) is 12.4 Å². The number of carbonyl (C=O) groups excluding carboxylic acids is 1. The van der Waals surface area contributed by atoms with Crippen molar-refractivity contribution in [3.8, 4) is 0 Å². The highest BCUT2D eigenvalue weighted by Gasteiger charge is 2.36. The minimum absolute atomic E-state index is 0.00471. The van der Waals surface area contributed by atoms with Gasteiger partial charge in [0.25, 0.3) is 5.69 Å². The number of benzene rings is 2. The van der Waals surface area contributed by atoms with Gasteiger partial charge in [0.15, 0.2) is 0 Å². The lowest BCUT2D eigenvalue weighted by molar-refractivity contribution is -0.384. The summed E-state index contributed by atoms with van der Waals surface area (Å²) >= 11 is 0. The minimum atomic E-state index is -5.00. The van der Waals surface area contributed by atoms with Gasteiger partial charge in [0.05, 0.1) is 28.7 Å². The van der Waals surface area contributed by atoms with Gasteiger partial charge in [-0.2, -0.15) is 26.3 Å². The topological polar surface area (TPSA) is 81.5 Å². The molecule has 12 heteroatoms. The molecule has 0 saturated heterocycles. The fourth-order valence-corrected chi connectivity index (χ4v) is 2.40. The Morgan fingerprint density at radius 1 is 1.03 bits per heavy atom. The number of anilines is 1. The highest BCUT2D eigenvalue weighted by molar-refractivity contribution is 5.96. The molecule has 0 bridgehead atoms. The van der Waals surface area contributed by atoms with Crippen LogP contribution in [-0.4, -0.2) is 18.0 Å². The van der Waals surface area contributed by atoms with Crippen LogP contribution in [0.3, 0.4) is 0 Å². The van der Waals surface area contributed by atoms with E-state index in [1.807, 2.05) is 0 Å². The van der Waals surface area contributed by atoms with Crippen molar-refractivity contribution in [1.82, 2.24) is 0 Å². The van der Waals surface area contributed by atoms with Crippen molar-refractivity contribution in [2.24, 2.45) is 0 Å². The minimum Gasteiger partial charge on any atom is -0.465 e. The molecule has 2 aromatic carbocycles. The van der Waals surface area contributed by atoms with Crippen molar-refractivity contribution in [3.05, 3.63) is 68.8 Å². The Morgan fingerprint density at radius 2 is 1.59 bits per heavy atom. The van der Waals surface area contributed by atoms with E-state index in [0.717, 1.165) is 25.3 Å². The van der Waals surface area contributed by atoms with Crippen LogP contribution in [0.1, 0.15) is 27.0 Å². The second-order valence-corrected chi connectivity index (χ2v) is 5.75. The summed E-state index contributed by atoms with van der Waals surface area (Å²) in [4.78, 5) is 21.9. The van der Waals surface area contributed by atoms with Crippen LogP contribution >= 0.6 is 0 Å². The number of esters is 1. The lowest BCUT2D eigenvalue weighted by atomic mass is 10.0. The number of nitrogens with one attached hydrogen (secondary N) is 1. The van der Waals surface area contributed by atoms with Gasteiger partial charge < -0.3 is 10.1 Å². The maximum absolute atomic E-state index is 12.9. The number of methoxy groups -OCH3 is 1. The molecule has 1 N–H and O–H groups in total. The summed E-state index contributed by atoms with van der Waals surface area (Å²) < 4.78 is 82.0. The first kappa shape index (κ1) is 22.0. The van der Waals surface area contributed by atoms with Gasteiger partial charge in [0.1, 0.15) is 0 Å². The van der Waals surface area contributed by atoms with E-state index in [4.69, 9.17) is 0 Å². The first-order valence-electron chi connectivity index (χ1n) is 7.72. The van der Waals surface area contributed by atoms with E-state index in [0.29, 0.717) is 12.1 Å². The van der Waals surface area contributed by atoms with Crippen molar-refractivity contribution in [3.63, 3.8) is 0 Å². The molecular weight excluding hydrogens is 410 g/mol. The van der Waals surface area contributed by atoms with Gasteiger partial charge in [-0.05, 0) is 29.8 Å². The number of hydrogen-bond acceptors (Lipinski definition) is 5. The molecule has 2 aromatic rings. The van der Waals surface area contributed by atoms with Gasteiger partial charge in [-0.15, -0.1) is 0 Å². The maximum Gasteiger partial charge on any atom is 0.416 e. The fraction of sp³-hybridized carbons (Fsp3) is 0.235. The third-order valence-corrected chi connectivity index (χ3v) is 3.75. The van der Waals surface area contributed by atoms with Gasteiger partial charge in [-0.1, -0.05) is 0 Å². The van der Waals surface area contributed by atoms with Crippen LogP contribution in [0.15, 0.2) is 36.4 Å². The Kier molecular flexibility index (Phi) is 6.04. The molecule has 0 fully saturated rings. The van der Waals surface area contributed by atoms with Gasteiger partial charge in [0.2, 0.25) is 0 Å². The summed E-state index contributed by atoms with van der Waals surface area (Å²) in [5.41, 5.74) is -4.14. The molecule has 156 valence electrons. The molecule has 29 heavy (non-hydrogen) atoms. The van der Waals surface area contributed by atoms with Gasteiger partial charge in [-0.3, -0.25) is 10.1 Å². The summed E-state index contributed by atoms with van der Waals surface area (Å²) in [5.74, 6) is -0.976. The molecule has 0 spiro atoms. The molecule has 6 nitrogen and oxygen atoms in total. The van der Waals surface area contributed by atoms with Crippen LogP contribution < -0.4 is 5.32 Å². The lowest BCUT2D eigenvalue weighted by Gasteiger charge is -2.15. The second kappa shape index (κ2) is 7.97. The number of non-ortho nitro benzene ring substituents is 1. The predicted molar refractivity (Wildman–Crippen MR) is 88.2 cm³/mol. The highest BCUT2D eigenvalue weighted by Crippen LogP contribution is 2.36. The molecule has 0 saturated carbocycles. The summed E-state index contributed by atoms with van der Waals surface area (Å²) in [6.45, 7) is -0.519. The van der Waals surface area contributed by atoms with Crippen molar-refractivity contribution < 1.29 is 40.8 Å². The zero-order valence-electron chi connectivity index (χ0n) is 14.5. The van der Waals surface area contributed by atoms with E-state index in [2.05, 4.69) is 10.1 Å². The Labute approximate surface area is 159 Å². The summed E-state index contributed by atoms with van der Waals surface area (Å²) in [5, 5.41) is 13.3. The second-order valence-electron chi connectivity index (χ2n) is 5.75. The van der Waals surface area contributed by atoms with Gasteiger partial charge in [0, 0.05) is 24.4 Å². The number of nitrogens with zero attached hydrogens (tertiary/aromatic N) is 1. The number of nitro groups is 1. The van der Waals surface area contributed by atoms with Crippen LogP contribution in [-0.2, 0) is 23.6 Å². The molecule has 0 aliphatic heterocycles. The fourth-order valence-electron chi connectivity index (χ4n) is 2.40. The molecule has 0 aliphatic rings. The van der Waals surface area contributed by atoms with Crippen LogP contribution in [0, 0.1) is 10.1 Å². The van der Waals surface area contributed by atoms with Crippen LogP contribution in [0.5, 0.6) is 0 Å². The van der Waals surface area contributed by atoms with E-state index >= 15 is 0 Å².